The summed E-state index contributed by atoms with van der Waals surface area (Å²) >= 11 is 2.93. The van der Waals surface area contributed by atoms with Crippen LogP contribution in [0.25, 0.3) is 0 Å². The van der Waals surface area contributed by atoms with E-state index in [9.17, 15) is 8.78 Å². The minimum Gasteiger partial charge on any atom is -0.497 e. The molecular weight excluding hydrogens is 405 g/mol. The van der Waals surface area contributed by atoms with Crippen LogP contribution in [0.3, 0.4) is 0 Å². The lowest BCUT2D eigenvalue weighted by Crippen LogP contribution is -2.26. The summed E-state index contributed by atoms with van der Waals surface area (Å²) in [5.41, 5.74) is 0.603. The van der Waals surface area contributed by atoms with Crippen molar-refractivity contribution in [1.82, 2.24) is 0 Å². The minimum absolute atomic E-state index is 0.221. The monoisotopic (exact) mass is 420 g/mol. The van der Waals surface area contributed by atoms with Gasteiger partial charge in [0.25, 0.3) is 5.92 Å². The lowest BCUT2D eigenvalue weighted by molar-refractivity contribution is 0.0279. The third-order valence-electron chi connectivity index (χ3n) is 2.98. The Bertz CT molecular complexity index is 560. The summed E-state index contributed by atoms with van der Waals surface area (Å²) in [6.45, 7) is 0. The van der Waals surface area contributed by atoms with Crippen LogP contribution in [0.5, 0.6) is 5.75 Å². The fourth-order valence-electron chi connectivity index (χ4n) is 1.88. The van der Waals surface area contributed by atoms with Gasteiger partial charge in [-0.15, -0.1) is 11.8 Å². The average molecular weight is 420 g/mol. The molecule has 2 aromatic rings. The molecule has 0 fully saturated rings. The van der Waals surface area contributed by atoms with E-state index in [2.05, 4.69) is 0 Å². The zero-order chi connectivity index (χ0) is 15.3. The predicted octanol–water partition coefficient (Wildman–Crippen LogP) is 5.60. The second-order valence-corrected chi connectivity index (χ2v) is 6.42. The van der Waals surface area contributed by atoms with Gasteiger partial charge in [0, 0.05) is 4.90 Å². The van der Waals surface area contributed by atoms with Crippen LogP contribution in [0.2, 0.25) is 0 Å². The van der Waals surface area contributed by atoms with Crippen LogP contribution in [0, 0.1) is 0 Å². The topological polar surface area (TPSA) is 9.23 Å². The molecule has 0 saturated carbocycles. The average Bonchev–Trinajstić information content (AvgIpc) is 2.53. The highest BCUT2D eigenvalue weighted by Gasteiger charge is 2.40. The van der Waals surface area contributed by atoms with E-state index < -0.39 is 11.2 Å². The van der Waals surface area contributed by atoms with E-state index in [1.807, 2.05) is 30.3 Å². The number of halogens is 3. The molecule has 0 heterocycles. The fraction of sp³-hybridized carbons (Fsp3) is 0.250. The van der Waals surface area contributed by atoms with Gasteiger partial charge in [0.15, 0.2) is 0 Å². The second-order valence-electron chi connectivity index (χ2n) is 4.48. The normalized spacial score (nSPS) is 13.0. The molecule has 21 heavy (non-hydrogen) atoms. The molecule has 1 atom stereocenters. The lowest BCUT2D eigenvalue weighted by Gasteiger charge is -2.25. The van der Waals surface area contributed by atoms with E-state index in [0.29, 0.717) is 11.3 Å². The van der Waals surface area contributed by atoms with Crippen LogP contribution >= 0.6 is 34.4 Å². The fourth-order valence-corrected chi connectivity index (χ4v) is 3.76. The molecule has 1 nitrogen and oxygen atoms in total. The van der Waals surface area contributed by atoms with Crippen molar-refractivity contribution >= 4 is 34.4 Å². The molecule has 0 radical (unpaired) electrons. The molecule has 5 heteroatoms. The number of rotatable bonds is 6. The van der Waals surface area contributed by atoms with E-state index in [1.165, 1.54) is 11.8 Å². The van der Waals surface area contributed by atoms with Gasteiger partial charge in [-0.1, -0.05) is 52.9 Å². The van der Waals surface area contributed by atoms with Gasteiger partial charge in [-0.25, -0.2) is 8.78 Å². The minimum atomic E-state index is -2.78. The summed E-state index contributed by atoms with van der Waals surface area (Å²) in [7, 11) is 1.56. The Morgan fingerprint density at radius 3 is 2.24 bits per heavy atom. The van der Waals surface area contributed by atoms with Crippen LogP contribution in [0.1, 0.15) is 10.8 Å². The summed E-state index contributed by atoms with van der Waals surface area (Å²) in [6, 6.07) is 16.1. The maximum absolute atomic E-state index is 14.3. The van der Waals surface area contributed by atoms with Crippen molar-refractivity contribution in [2.24, 2.45) is 0 Å². The highest BCUT2D eigenvalue weighted by Crippen LogP contribution is 2.46. The number of alkyl halides is 3. The molecular formula is C16H15F2IOS. The van der Waals surface area contributed by atoms with Gasteiger partial charge in [0.1, 0.15) is 5.75 Å². The van der Waals surface area contributed by atoms with Crippen molar-refractivity contribution in [3.63, 3.8) is 0 Å². The number of methoxy groups -OCH3 is 1. The quantitative estimate of drug-likeness (QED) is 0.342. The third-order valence-corrected chi connectivity index (χ3v) is 5.39. The standard InChI is InChI=1S/C16H15F2IOS/c1-20-13-9-7-12(8-10-13)15(16(17,18)11-19)21-14-5-3-2-4-6-14/h2-10,15H,11H2,1H3. The SMILES string of the molecule is COc1ccc(C(Sc2ccccc2)C(F)(F)CI)cc1. The largest absolute Gasteiger partial charge is 0.497 e. The maximum atomic E-state index is 14.3. The smallest absolute Gasteiger partial charge is 0.272 e. The van der Waals surface area contributed by atoms with Crippen LogP contribution in [0.4, 0.5) is 8.78 Å². The first kappa shape index (κ1) is 16.5. The zero-order valence-corrected chi connectivity index (χ0v) is 14.4. The summed E-state index contributed by atoms with van der Waals surface area (Å²) in [5.74, 6) is -2.12. The van der Waals surface area contributed by atoms with Gasteiger partial charge >= 0.3 is 0 Å². The first-order valence-corrected chi connectivity index (χ1v) is 8.77. The Labute approximate surface area is 141 Å². The summed E-state index contributed by atoms with van der Waals surface area (Å²) < 4.78 is 33.5. The Balaban J connectivity index is 2.31. The predicted molar refractivity (Wildman–Crippen MR) is 91.9 cm³/mol. The molecule has 0 N–H and O–H groups in total. The van der Waals surface area contributed by atoms with E-state index in [0.717, 1.165) is 4.90 Å². The Kier molecular flexibility index (Phi) is 5.87. The molecule has 0 aliphatic heterocycles. The van der Waals surface area contributed by atoms with Crippen molar-refractivity contribution in [2.45, 2.75) is 16.1 Å². The van der Waals surface area contributed by atoms with Gasteiger partial charge in [0.05, 0.1) is 16.8 Å². The zero-order valence-electron chi connectivity index (χ0n) is 11.4. The molecule has 0 amide bonds. The first-order valence-electron chi connectivity index (χ1n) is 6.36. The molecule has 112 valence electrons. The van der Waals surface area contributed by atoms with Crippen molar-refractivity contribution in [3.05, 3.63) is 60.2 Å². The summed E-state index contributed by atoms with van der Waals surface area (Å²) in [5, 5.41) is -0.914. The molecule has 0 spiro atoms. The van der Waals surface area contributed by atoms with E-state index in [4.69, 9.17) is 4.74 Å². The highest BCUT2D eigenvalue weighted by atomic mass is 127. The van der Waals surface area contributed by atoms with Crippen molar-refractivity contribution in [1.29, 1.82) is 0 Å². The van der Waals surface area contributed by atoms with Gasteiger partial charge in [-0.3, -0.25) is 0 Å². The van der Waals surface area contributed by atoms with Crippen molar-refractivity contribution < 1.29 is 13.5 Å². The molecule has 2 aromatic carbocycles. The van der Waals surface area contributed by atoms with Crippen LogP contribution in [0.15, 0.2) is 59.5 Å². The molecule has 0 bridgehead atoms. The molecule has 0 saturated heterocycles. The van der Waals surface area contributed by atoms with E-state index >= 15 is 0 Å². The van der Waals surface area contributed by atoms with Crippen LogP contribution in [-0.2, 0) is 0 Å². The van der Waals surface area contributed by atoms with Crippen molar-refractivity contribution in [2.75, 3.05) is 11.5 Å². The summed E-state index contributed by atoms with van der Waals surface area (Å²) in [4.78, 5) is 0.836. The molecule has 2 rings (SSSR count). The highest BCUT2D eigenvalue weighted by molar-refractivity contribution is 14.1. The number of thioether (sulfide) groups is 1. The Morgan fingerprint density at radius 2 is 1.71 bits per heavy atom. The molecule has 1 unspecified atom stereocenters. The lowest BCUT2D eigenvalue weighted by atomic mass is 10.1. The number of hydrogen-bond acceptors (Lipinski definition) is 2. The van der Waals surface area contributed by atoms with Gasteiger partial charge < -0.3 is 4.74 Å². The van der Waals surface area contributed by atoms with E-state index in [1.54, 1.807) is 54.0 Å². The second kappa shape index (κ2) is 7.45. The van der Waals surface area contributed by atoms with Crippen molar-refractivity contribution in [3.8, 4) is 5.75 Å². The summed E-state index contributed by atoms with van der Waals surface area (Å²) in [6.07, 6.45) is 0. The van der Waals surface area contributed by atoms with E-state index in [-0.39, 0.29) is 4.43 Å². The number of ether oxygens (including phenoxy) is 1. The van der Waals surface area contributed by atoms with Gasteiger partial charge in [-0.05, 0) is 29.8 Å². The number of hydrogen-bond donors (Lipinski definition) is 0. The molecule has 0 aliphatic carbocycles. The maximum Gasteiger partial charge on any atom is 0.272 e. The first-order chi connectivity index (χ1) is 10.1. The Morgan fingerprint density at radius 1 is 1.10 bits per heavy atom. The van der Waals surface area contributed by atoms with Crippen LogP contribution in [-0.4, -0.2) is 17.5 Å². The Hall–Kier alpha value is -0.820. The van der Waals surface area contributed by atoms with Gasteiger partial charge in [0.2, 0.25) is 0 Å². The molecule has 0 aliphatic rings. The van der Waals surface area contributed by atoms with Gasteiger partial charge in [-0.2, -0.15) is 0 Å². The number of benzene rings is 2. The molecule has 0 aromatic heterocycles. The van der Waals surface area contributed by atoms with Crippen LogP contribution < -0.4 is 4.74 Å². The third kappa shape index (κ3) is 4.32.